The van der Waals surface area contributed by atoms with Crippen molar-refractivity contribution < 1.29 is 27.4 Å². The summed E-state index contributed by atoms with van der Waals surface area (Å²) >= 11 is 10.3. The molecule has 2 heterocycles. The van der Waals surface area contributed by atoms with E-state index in [-0.39, 0.29) is 28.1 Å². The van der Waals surface area contributed by atoms with Crippen LogP contribution in [0.2, 0.25) is 5.02 Å². The molecule has 1 aliphatic rings. The number of aromatic nitrogens is 1. The lowest BCUT2D eigenvalue weighted by Gasteiger charge is -2.26. The number of alkyl halides is 3. The van der Waals surface area contributed by atoms with Crippen LogP contribution in [0.4, 0.5) is 13.2 Å². The second-order valence-corrected chi connectivity index (χ2v) is 11.9. The molecule has 0 saturated carbocycles. The van der Waals surface area contributed by atoms with Gasteiger partial charge in [0, 0.05) is 15.1 Å². The van der Waals surface area contributed by atoms with Crippen LogP contribution in [0.15, 0.2) is 92.3 Å². The number of hydrogen-bond acceptors (Lipinski definition) is 6. The molecular weight excluding hydrogens is 669 g/mol. The van der Waals surface area contributed by atoms with Gasteiger partial charge in [-0.05, 0) is 61.4 Å². The van der Waals surface area contributed by atoms with E-state index >= 15 is 0 Å². The van der Waals surface area contributed by atoms with Gasteiger partial charge in [0.15, 0.2) is 10.5 Å². The monoisotopic (exact) mass is 690 g/mol. The lowest BCUT2D eigenvalue weighted by Crippen LogP contribution is -2.41. The van der Waals surface area contributed by atoms with E-state index in [0.29, 0.717) is 20.8 Å². The summed E-state index contributed by atoms with van der Waals surface area (Å²) in [5.74, 6) is -0.751. The van der Waals surface area contributed by atoms with Crippen LogP contribution in [0.25, 0.3) is 6.08 Å². The van der Waals surface area contributed by atoms with Crippen molar-refractivity contribution in [3.63, 3.8) is 0 Å². The molecule has 4 aromatic rings. The Morgan fingerprint density at radius 2 is 1.81 bits per heavy atom. The Hall–Kier alpha value is -3.67. The number of esters is 1. The number of ether oxygens (including phenoxy) is 2. The van der Waals surface area contributed by atoms with Gasteiger partial charge in [-0.15, -0.1) is 0 Å². The van der Waals surface area contributed by atoms with E-state index in [2.05, 4.69) is 20.9 Å². The van der Waals surface area contributed by atoms with E-state index in [1.54, 1.807) is 24.3 Å². The smallest absolute Gasteiger partial charge is 0.434 e. The summed E-state index contributed by atoms with van der Waals surface area (Å²) in [7, 11) is 0. The lowest BCUT2D eigenvalue weighted by atomic mass is 9.95. The van der Waals surface area contributed by atoms with Gasteiger partial charge in [-0.25, -0.2) is 9.79 Å². The van der Waals surface area contributed by atoms with Gasteiger partial charge < -0.3 is 9.47 Å². The first kappa shape index (κ1) is 30.8. The Morgan fingerprint density at radius 1 is 1.12 bits per heavy atom. The predicted octanol–water partition coefficient (Wildman–Crippen LogP) is 6.64. The maximum absolute atomic E-state index is 14.3. The van der Waals surface area contributed by atoms with E-state index in [9.17, 15) is 22.8 Å². The highest BCUT2D eigenvalue weighted by Crippen LogP contribution is 2.38. The summed E-state index contributed by atoms with van der Waals surface area (Å²) in [6, 6.07) is 17.5. The highest BCUT2D eigenvalue weighted by atomic mass is 79.9. The van der Waals surface area contributed by atoms with E-state index in [4.69, 9.17) is 21.1 Å². The molecule has 222 valence electrons. The highest BCUT2D eigenvalue weighted by Gasteiger charge is 2.45. The molecule has 3 aromatic carbocycles. The standard InChI is InChI=1S/C31H23BrClF3N2O4S/c1-3-41-29(40)25-26(19-8-11-22(33)12-9-19)38-28(39)24(43-30(38)37-27(25)31(34,35)36)15-20-14-21(32)10-13-23(20)42-16-18-6-4-17(2)5-7-18/h4-15,26H,3,16H2,1-2H3/b24-15-/t26-/m1/s1. The van der Waals surface area contributed by atoms with Crippen molar-refractivity contribution in [3.8, 4) is 5.75 Å². The molecule has 5 rings (SSSR count). The average Bonchev–Trinajstić information content (AvgIpc) is 3.27. The summed E-state index contributed by atoms with van der Waals surface area (Å²) in [4.78, 5) is 30.5. The zero-order valence-electron chi connectivity index (χ0n) is 22.7. The second-order valence-electron chi connectivity index (χ2n) is 9.57. The van der Waals surface area contributed by atoms with Crippen molar-refractivity contribution in [2.75, 3.05) is 6.61 Å². The quantitative estimate of drug-likeness (QED) is 0.204. The van der Waals surface area contributed by atoms with Crippen LogP contribution in [0.1, 0.15) is 35.2 Å². The third kappa shape index (κ3) is 6.63. The Balaban J connectivity index is 1.68. The molecule has 0 unspecified atom stereocenters. The van der Waals surface area contributed by atoms with E-state index < -0.39 is 35.0 Å². The summed E-state index contributed by atoms with van der Waals surface area (Å²) in [5.41, 5.74) is -0.00961. The summed E-state index contributed by atoms with van der Waals surface area (Å²) in [6.07, 6.45) is -3.46. The number of nitrogens with zero attached hydrogens (tertiary/aromatic N) is 2. The molecule has 1 aromatic heterocycles. The molecule has 43 heavy (non-hydrogen) atoms. The zero-order valence-corrected chi connectivity index (χ0v) is 25.9. The Labute approximate surface area is 261 Å². The molecule has 0 radical (unpaired) electrons. The number of fused-ring (bicyclic) bond motifs is 1. The summed E-state index contributed by atoms with van der Waals surface area (Å²) in [5, 5.41) is 0.335. The SMILES string of the molecule is CCOC(=O)C1=C(C(F)(F)F)N=c2s/c(=C\c3cc(Br)ccc3OCc3ccc(C)cc3)c(=O)n2[C@@H]1c1ccc(Cl)cc1. The minimum absolute atomic E-state index is 0.0997. The van der Waals surface area contributed by atoms with Crippen molar-refractivity contribution in [1.29, 1.82) is 0 Å². The Morgan fingerprint density at radius 3 is 2.47 bits per heavy atom. The van der Waals surface area contributed by atoms with Crippen molar-refractivity contribution in [3.05, 3.63) is 129 Å². The van der Waals surface area contributed by atoms with Crippen molar-refractivity contribution >= 4 is 50.9 Å². The molecule has 0 N–H and O–H groups in total. The first-order chi connectivity index (χ1) is 20.5. The third-order valence-electron chi connectivity index (χ3n) is 6.55. The van der Waals surface area contributed by atoms with Crippen LogP contribution < -0.4 is 19.6 Å². The van der Waals surface area contributed by atoms with Crippen LogP contribution in [-0.4, -0.2) is 23.3 Å². The van der Waals surface area contributed by atoms with Gasteiger partial charge in [0.1, 0.15) is 12.4 Å². The highest BCUT2D eigenvalue weighted by molar-refractivity contribution is 9.10. The van der Waals surface area contributed by atoms with Crippen LogP contribution in [0, 0.1) is 6.92 Å². The Bertz CT molecular complexity index is 1900. The molecule has 0 saturated heterocycles. The predicted molar refractivity (Wildman–Crippen MR) is 162 cm³/mol. The van der Waals surface area contributed by atoms with Gasteiger partial charge in [-0.1, -0.05) is 80.8 Å². The molecule has 1 aliphatic heterocycles. The molecular formula is C31H23BrClF3N2O4S. The third-order valence-corrected chi connectivity index (χ3v) is 8.28. The fourth-order valence-electron chi connectivity index (χ4n) is 4.55. The fraction of sp³-hybridized carbons (Fsp3) is 0.194. The number of thiazole rings is 1. The van der Waals surface area contributed by atoms with Gasteiger partial charge in [-0.2, -0.15) is 13.2 Å². The number of benzene rings is 3. The number of rotatable bonds is 7. The number of carbonyl (C=O) groups excluding carboxylic acids is 1. The van der Waals surface area contributed by atoms with E-state index in [1.807, 2.05) is 31.2 Å². The molecule has 1 atom stereocenters. The normalized spacial score (nSPS) is 15.2. The van der Waals surface area contributed by atoms with Crippen molar-refractivity contribution in [2.24, 2.45) is 4.99 Å². The number of hydrogen-bond donors (Lipinski definition) is 0. The number of allylic oxidation sites excluding steroid dienone is 1. The summed E-state index contributed by atoms with van der Waals surface area (Å²) in [6.45, 7) is 3.56. The molecule has 0 amide bonds. The summed E-state index contributed by atoms with van der Waals surface area (Å²) < 4.78 is 56.0. The van der Waals surface area contributed by atoms with Crippen LogP contribution in [-0.2, 0) is 16.1 Å². The number of aryl methyl sites for hydroxylation is 1. The van der Waals surface area contributed by atoms with Gasteiger partial charge in [0.25, 0.3) is 5.56 Å². The maximum atomic E-state index is 14.3. The molecule has 0 bridgehead atoms. The molecule has 0 fully saturated rings. The first-order valence-corrected chi connectivity index (χ1v) is 15.0. The Kier molecular flexibility index (Phi) is 8.96. The zero-order chi connectivity index (χ0) is 30.9. The van der Waals surface area contributed by atoms with Crippen molar-refractivity contribution in [2.45, 2.75) is 32.7 Å². The largest absolute Gasteiger partial charge is 0.488 e. The molecule has 12 heteroatoms. The topological polar surface area (TPSA) is 69.9 Å². The minimum atomic E-state index is -5.00. The number of halogens is 5. The van der Waals surface area contributed by atoms with Crippen molar-refractivity contribution in [1.82, 2.24) is 4.57 Å². The lowest BCUT2D eigenvalue weighted by molar-refractivity contribution is -0.140. The molecule has 0 spiro atoms. The molecule has 0 aliphatic carbocycles. The van der Waals surface area contributed by atoms with Gasteiger partial charge >= 0.3 is 12.1 Å². The second kappa shape index (κ2) is 12.5. The van der Waals surface area contributed by atoms with Gasteiger partial charge in [0.2, 0.25) is 0 Å². The van der Waals surface area contributed by atoms with Crippen LogP contribution >= 0.6 is 38.9 Å². The van der Waals surface area contributed by atoms with Crippen LogP contribution in [0.3, 0.4) is 0 Å². The molecule has 6 nitrogen and oxygen atoms in total. The number of carbonyl (C=O) groups is 1. The fourth-order valence-corrected chi connectivity index (χ4v) is 6.05. The van der Waals surface area contributed by atoms with Gasteiger partial charge in [-0.3, -0.25) is 9.36 Å². The first-order valence-electron chi connectivity index (χ1n) is 13.0. The van der Waals surface area contributed by atoms with E-state index in [0.717, 1.165) is 27.0 Å². The van der Waals surface area contributed by atoms with Crippen LogP contribution in [0.5, 0.6) is 5.75 Å². The average molecular weight is 692 g/mol. The van der Waals surface area contributed by atoms with E-state index in [1.165, 1.54) is 31.2 Å². The minimum Gasteiger partial charge on any atom is -0.488 e. The maximum Gasteiger partial charge on any atom is 0.434 e. The van der Waals surface area contributed by atoms with Gasteiger partial charge in [0.05, 0.1) is 22.8 Å².